The lowest BCUT2D eigenvalue weighted by Gasteiger charge is -2.20. The lowest BCUT2D eigenvalue weighted by atomic mass is 9.90. The molecule has 0 saturated heterocycles. The van der Waals surface area contributed by atoms with Crippen LogP contribution in [0.1, 0.15) is 28.2 Å². The molecule has 1 amide bonds. The average molecular weight is 453 g/mol. The highest BCUT2D eigenvalue weighted by Gasteiger charge is 2.23. The fourth-order valence-electron chi connectivity index (χ4n) is 3.22. The summed E-state index contributed by atoms with van der Waals surface area (Å²) in [6.07, 6.45) is 0. The van der Waals surface area contributed by atoms with Gasteiger partial charge in [-0.2, -0.15) is 0 Å². The van der Waals surface area contributed by atoms with E-state index in [-0.39, 0.29) is 11.0 Å². The summed E-state index contributed by atoms with van der Waals surface area (Å²) < 4.78 is 1.01. The third-order valence-corrected chi connectivity index (χ3v) is 5.16. The molecule has 0 bridgehead atoms. The zero-order valence-electron chi connectivity index (χ0n) is 15.7. The average Bonchev–Trinajstić information content (AvgIpc) is 2.66. The van der Waals surface area contributed by atoms with E-state index in [9.17, 15) is 4.79 Å². The van der Waals surface area contributed by atoms with E-state index in [1.807, 2.05) is 86.6 Å². The first-order valence-corrected chi connectivity index (χ1v) is 10.1. The molecule has 0 heterocycles. The van der Waals surface area contributed by atoms with Gasteiger partial charge in [0.2, 0.25) is 5.91 Å². The van der Waals surface area contributed by atoms with E-state index >= 15 is 0 Å². The summed E-state index contributed by atoms with van der Waals surface area (Å²) in [5, 5.41) is 6.32. The highest BCUT2D eigenvalue weighted by atomic mass is 79.9. The Kier molecular flexibility index (Phi) is 6.60. The van der Waals surface area contributed by atoms with Gasteiger partial charge < -0.3 is 10.6 Å². The molecule has 0 aromatic heterocycles. The number of hydrogen-bond acceptors (Lipinski definition) is 2. The fourth-order valence-corrected chi connectivity index (χ4v) is 4.11. The first kappa shape index (κ1) is 20.2. The lowest BCUT2D eigenvalue weighted by molar-refractivity contribution is -0.120. The van der Waals surface area contributed by atoms with E-state index < -0.39 is 5.92 Å². The Labute approximate surface area is 179 Å². The molecule has 3 aromatic rings. The molecule has 0 spiro atoms. The van der Waals surface area contributed by atoms with Crippen LogP contribution in [0.2, 0.25) is 0 Å². The number of carbonyl (C=O) groups excluding carboxylic acids is 1. The van der Waals surface area contributed by atoms with Gasteiger partial charge in [0.1, 0.15) is 0 Å². The molecule has 0 atom stereocenters. The van der Waals surface area contributed by atoms with Gasteiger partial charge in [-0.05, 0) is 60.5 Å². The standard InChI is InChI=1S/C23H21BrN2OS/c1-15-13-19(24)14-16(2)21(15)25-23(28)26-22(27)20(17-9-5-3-6-10-17)18-11-7-4-8-12-18/h3-14,20H,1-2H3,(H2,25,26,27,28). The zero-order chi connectivity index (χ0) is 20.1. The molecule has 0 radical (unpaired) electrons. The zero-order valence-corrected chi connectivity index (χ0v) is 18.1. The van der Waals surface area contributed by atoms with Crippen LogP contribution in [0.25, 0.3) is 0 Å². The number of nitrogens with one attached hydrogen (secondary N) is 2. The van der Waals surface area contributed by atoms with Gasteiger partial charge in [-0.25, -0.2) is 0 Å². The summed E-state index contributed by atoms with van der Waals surface area (Å²) in [7, 11) is 0. The van der Waals surface area contributed by atoms with E-state index in [2.05, 4.69) is 26.6 Å². The third kappa shape index (κ3) is 4.86. The molecule has 0 aliphatic rings. The van der Waals surface area contributed by atoms with Gasteiger partial charge in [0.05, 0.1) is 5.92 Å². The normalized spacial score (nSPS) is 10.6. The molecule has 3 aromatic carbocycles. The number of amides is 1. The number of hydrogen-bond donors (Lipinski definition) is 2. The number of thiocarbonyl (C=S) groups is 1. The molecule has 0 aliphatic carbocycles. The fraction of sp³-hybridized carbons (Fsp3) is 0.130. The number of anilines is 1. The molecule has 142 valence electrons. The molecule has 3 nitrogen and oxygen atoms in total. The molecule has 3 rings (SSSR count). The van der Waals surface area contributed by atoms with Crippen molar-refractivity contribution in [3.63, 3.8) is 0 Å². The SMILES string of the molecule is Cc1cc(Br)cc(C)c1NC(=S)NC(=O)C(c1ccccc1)c1ccccc1. The monoisotopic (exact) mass is 452 g/mol. The van der Waals surface area contributed by atoms with Crippen LogP contribution in [0.4, 0.5) is 5.69 Å². The van der Waals surface area contributed by atoms with Crippen LogP contribution in [-0.4, -0.2) is 11.0 Å². The number of rotatable bonds is 4. The van der Waals surface area contributed by atoms with Crippen molar-refractivity contribution in [3.05, 3.63) is 99.5 Å². The summed E-state index contributed by atoms with van der Waals surface area (Å²) >= 11 is 8.92. The van der Waals surface area contributed by atoms with E-state index in [4.69, 9.17) is 12.2 Å². The Morgan fingerprint density at radius 3 is 1.82 bits per heavy atom. The number of aryl methyl sites for hydroxylation is 2. The maximum absolute atomic E-state index is 13.1. The van der Waals surface area contributed by atoms with Crippen molar-refractivity contribution in [2.45, 2.75) is 19.8 Å². The van der Waals surface area contributed by atoms with Crippen LogP contribution in [0, 0.1) is 13.8 Å². The van der Waals surface area contributed by atoms with Crippen molar-refractivity contribution in [2.24, 2.45) is 0 Å². The van der Waals surface area contributed by atoms with Crippen LogP contribution in [0.3, 0.4) is 0 Å². The Bertz CT molecular complexity index is 927. The Balaban J connectivity index is 1.82. The van der Waals surface area contributed by atoms with Crippen LogP contribution < -0.4 is 10.6 Å². The largest absolute Gasteiger partial charge is 0.332 e. The van der Waals surface area contributed by atoms with Gasteiger partial charge in [0.25, 0.3) is 0 Å². The Hall–Kier alpha value is -2.50. The Morgan fingerprint density at radius 2 is 1.36 bits per heavy atom. The van der Waals surface area contributed by atoms with Gasteiger partial charge in [-0.15, -0.1) is 0 Å². The van der Waals surface area contributed by atoms with Crippen LogP contribution in [0.15, 0.2) is 77.3 Å². The summed E-state index contributed by atoms with van der Waals surface area (Å²) in [4.78, 5) is 13.1. The van der Waals surface area contributed by atoms with Crippen molar-refractivity contribution in [2.75, 3.05) is 5.32 Å². The minimum Gasteiger partial charge on any atom is -0.332 e. The van der Waals surface area contributed by atoms with Crippen molar-refractivity contribution < 1.29 is 4.79 Å². The highest BCUT2D eigenvalue weighted by molar-refractivity contribution is 9.10. The molecule has 0 saturated carbocycles. The topological polar surface area (TPSA) is 41.1 Å². The van der Waals surface area contributed by atoms with Gasteiger partial charge in [0.15, 0.2) is 5.11 Å². The second kappa shape index (κ2) is 9.13. The molecule has 0 fully saturated rings. The van der Waals surface area contributed by atoms with Crippen molar-refractivity contribution in [1.29, 1.82) is 0 Å². The maximum atomic E-state index is 13.1. The number of carbonyl (C=O) groups is 1. The van der Waals surface area contributed by atoms with Gasteiger partial charge >= 0.3 is 0 Å². The third-order valence-electron chi connectivity index (χ3n) is 4.50. The van der Waals surface area contributed by atoms with E-state index in [0.29, 0.717) is 0 Å². The van der Waals surface area contributed by atoms with Gasteiger partial charge in [0, 0.05) is 10.2 Å². The molecule has 5 heteroatoms. The molecule has 2 N–H and O–H groups in total. The van der Waals surface area contributed by atoms with Gasteiger partial charge in [-0.3, -0.25) is 4.79 Å². The predicted molar refractivity (Wildman–Crippen MR) is 123 cm³/mol. The summed E-state index contributed by atoms with van der Waals surface area (Å²) in [6, 6.07) is 23.5. The van der Waals surface area contributed by atoms with Crippen molar-refractivity contribution in [3.8, 4) is 0 Å². The van der Waals surface area contributed by atoms with Crippen molar-refractivity contribution in [1.82, 2.24) is 5.32 Å². The smallest absolute Gasteiger partial charge is 0.238 e. The van der Waals surface area contributed by atoms with Crippen LogP contribution >= 0.6 is 28.1 Å². The predicted octanol–water partition coefficient (Wildman–Crippen LogP) is 5.71. The van der Waals surface area contributed by atoms with Crippen LogP contribution in [0.5, 0.6) is 0 Å². The first-order chi connectivity index (χ1) is 13.5. The molecular formula is C23H21BrN2OS. The molecular weight excluding hydrogens is 432 g/mol. The van der Waals surface area contributed by atoms with E-state index in [1.54, 1.807) is 0 Å². The minimum absolute atomic E-state index is 0.165. The number of halogens is 1. The second-order valence-electron chi connectivity index (χ2n) is 6.61. The first-order valence-electron chi connectivity index (χ1n) is 8.94. The number of benzene rings is 3. The molecule has 0 aliphatic heterocycles. The van der Waals surface area contributed by atoms with E-state index in [1.165, 1.54) is 0 Å². The molecule has 0 unspecified atom stereocenters. The van der Waals surface area contributed by atoms with Crippen LogP contribution in [-0.2, 0) is 4.79 Å². The van der Waals surface area contributed by atoms with Gasteiger partial charge in [-0.1, -0.05) is 76.6 Å². The highest BCUT2D eigenvalue weighted by Crippen LogP contribution is 2.26. The lowest BCUT2D eigenvalue weighted by Crippen LogP contribution is -2.38. The quantitative estimate of drug-likeness (QED) is 0.497. The molecule has 28 heavy (non-hydrogen) atoms. The maximum Gasteiger partial charge on any atom is 0.238 e. The summed E-state index contributed by atoms with van der Waals surface area (Å²) in [6.45, 7) is 4.00. The summed E-state index contributed by atoms with van der Waals surface area (Å²) in [5.74, 6) is -0.600. The summed E-state index contributed by atoms with van der Waals surface area (Å²) in [5.41, 5.74) is 4.84. The minimum atomic E-state index is -0.436. The second-order valence-corrected chi connectivity index (χ2v) is 7.94. The Morgan fingerprint density at radius 1 is 0.893 bits per heavy atom. The van der Waals surface area contributed by atoms with Crippen molar-refractivity contribution >= 4 is 44.9 Å². The van der Waals surface area contributed by atoms with E-state index in [0.717, 1.165) is 32.4 Å².